The van der Waals surface area contributed by atoms with Crippen molar-refractivity contribution in [2.24, 2.45) is 0 Å². The smallest absolute Gasteiger partial charge is 0.290 e. The van der Waals surface area contributed by atoms with Gasteiger partial charge in [-0.05, 0) is 36.8 Å². The number of nitrogens with zero attached hydrogens (tertiary/aromatic N) is 1. The number of aliphatic hydroxyl groups excluding tert-OH is 1. The maximum absolute atomic E-state index is 13.6. The number of benzene rings is 2. The average Bonchev–Trinajstić information content (AvgIpc) is 3.54. The van der Waals surface area contributed by atoms with Crippen molar-refractivity contribution in [1.29, 1.82) is 0 Å². The van der Waals surface area contributed by atoms with Gasteiger partial charge in [-0.1, -0.05) is 42.0 Å². The van der Waals surface area contributed by atoms with Gasteiger partial charge in [0, 0.05) is 5.39 Å². The Morgan fingerprint density at radius 3 is 2.67 bits per heavy atom. The zero-order valence-corrected chi connectivity index (χ0v) is 18.1. The van der Waals surface area contributed by atoms with Gasteiger partial charge in [0.25, 0.3) is 5.91 Å². The molecule has 0 aliphatic carbocycles. The molecule has 1 aliphatic rings. The zero-order chi connectivity index (χ0) is 23.1. The van der Waals surface area contributed by atoms with Crippen LogP contribution in [0.1, 0.15) is 33.5 Å². The lowest BCUT2D eigenvalue weighted by Crippen LogP contribution is -2.30. The van der Waals surface area contributed by atoms with E-state index in [1.807, 2.05) is 31.2 Å². The van der Waals surface area contributed by atoms with Gasteiger partial charge in [-0.2, -0.15) is 0 Å². The van der Waals surface area contributed by atoms with Crippen LogP contribution in [-0.2, 0) is 11.3 Å². The van der Waals surface area contributed by atoms with Crippen LogP contribution in [0.3, 0.4) is 0 Å². The van der Waals surface area contributed by atoms with E-state index in [2.05, 4.69) is 0 Å². The van der Waals surface area contributed by atoms with Gasteiger partial charge in [-0.3, -0.25) is 9.59 Å². The summed E-state index contributed by atoms with van der Waals surface area (Å²) < 4.78 is 16.6. The van der Waals surface area contributed by atoms with Gasteiger partial charge in [0.2, 0.25) is 5.78 Å². The molecule has 3 heterocycles. The molecular formula is C26H21NO6. The van der Waals surface area contributed by atoms with Crippen LogP contribution in [-0.4, -0.2) is 28.8 Å². The van der Waals surface area contributed by atoms with Crippen LogP contribution in [0.5, 0.6) is 5.75 Å². The van der Waals surface area contributed by atoms with Crippen molar-refractivity contribution < 1.29 is 28.3 Å². The molecule has 2 aromatic heterocycles. The summed E-state index contributed by atoms with van der Waals surface area (Å²) in [5.74, 6) is -0.757. The van der Waals surface area contributed by atoms with Crippen molar-refractivity contribution in [1.82, 2.24) is 4.90 Å². The number of carbonyl (C=O) groups is 2. The van der Waals surface area contributed by atoms with Gasteiger partial charge >= 0.3 is 0 Å². The number of carbonyl (C=O) groups excluding carboxylic acids is 2. The maximum atomic E-state index is 13.6. The first-order valence-corrected chi connectivity index (χ1v) is 10.4. The molecule has 0 saturated heterocycles. The third-order valence-electron chi connectivity index (χ3n) is 5.76. The highest BCUT2D eigenvalue weighted by molar-refractivity contribution is 6.16. The SMILES string of the molecule is COc1cccc2cc(C(=O)C3=C(O)C(=O)N(Cc4ccco4)C3c3cccc(C)c3)oc12. The topological polar surface area (TPSA) is 93.1 Å². The number of furan rings is 2. The molecule has 0 fully saturated rings. The summed E-state index contributed by atoms with van der Waals surface area (Å²) >= 11 is 0. The molecule has 33 heavy (non-hydrogen) atoms. The average molecular weight is 443 g/mol. The van der Waals surface area contributed by atoms with Crippen LogP contribution in [0.25, 0.3) is 11.0 Å². The minimum Gasteiger partial charge on any atom is -0.503 e. The minimum absolute atomic E-state index is 0.0151. The largest absolute Gasteiger partial charge is 0.503 e. The highest BCUT2D eigenvalue weighted by atomic mass is 16.5. The van der Waals surface area contributed by atoms with E-state index in [1.165, 1.54) is 18.3 Å². The molecule has 0 bridgehead atoms. The number of aryl methyl sites for hydroxylation is 1. The summed E-state index contributed by atoms with van der Waals surface area (Å²) in [6.07, 6.45) is 1.51. The predicted octanol–water partition coefficient (Wildman–Crippen LogP) is 5.12. The first kappa shape index (κ1) is 20.6. The molecular weight excluding hydrogens is 422 g/mol. The molecule has 2 aromatic carbocycles. The second-order valence-corrected chi connectivity index (χ2v) is 7.91. The zero-order valence-electron chi connectivity index (χ0n) is 18.1. The molecule has 0 radical (unpaired) electrons. The summed E-state index contributed by atoms with van der Waals surface area (Å²) in [4.78, 5) is 28.2. The van der Waals surface area contributed by atoms with E-state index in [0.717, 1.165) is 5.56 Å². The molecule has 7 heteroatoms. The lowest BCUT2D eigenvalue weighted by atomic mass is 9.94. The Morgan fingerprint density at radius 2 is 1.94 bits per heavy atom. The number of fused-ring (bicyclic) bond motifs is 1. The Hall–Kier alpha value is -4.26. The van der Waals surface area contributed by atoms with E-state index in [9.17, 15) is 14.7 Å². The van der Waals surface area contributed by atoms with Gasteiger partial charge < -0.3 is 23.6 Å². The minimum atomic E-state index is -0.801. The van der Waals surface area contributed by atoms with Crippen LogP contribution in [0.15, 0.2) is 87.1 Å². The number of Topliss-reactive ketones (excluding diaryl/α,β-unsaturated/α-hetero) is 1. The summed E-state index contributed by atoms with van der Waals surface area (Å²) in [6.45, 7) is 2.02. The first-order valence-electron chi connectivity index (χ1n) is 10.4. The molecule has 1 N–H and O–H groups in total. The number of ketones is 1. The number of amides is 1. The van der Waals surface area contributed by atoms with E-state index in [0.29, 0.717) is 28.0 Å². The molecule has 5 rings (SSSR count). The summed E-state index contributed by atoms with van der Waals surface area (Å²) in [6, 6.07) is 17.1. The summed E-state index contributed by atoms with van der Waals surface area (Å²) in [5, 5.41) is 11.5. The molecule has 1 amide bonds. The number of aliphatic hydroxyl groups is 1. The van der Waals surface area contributed by atoms with Crippen molar-refractivity contribution in [3.05, 3.63) is 101 Å². The van der Waals surface area contributed by atoms with Gasteiger partial charge in [0.05, 0.1) is 31.5 Å². The molecule has 0 spiro atoms. The number of rotatable bonds is 6. The molecule has 0 saturated carbocycles. The van der Waals surface area contributed by atoms with E-state index in [1.54, 1.807) is 36.4 Å². The summed E-state index contributed by atoms with van der Waals surface area (Å²) in [5.41, 5.74) is 2.06. The van der Waals surface area contributed by atoms with Crippen molar-refractivity contribution in [3.8, 4) is 5.75 Å². The fourth-order valence-corrected chi connectivity index (χ4v) is 4.25. The Labute approximate surface area is 189 Å². The predicted molar refractivity (Wildman–Crippen MR) is 120 cm³/mol. The summed E-state index contributed by atoms with van der Waals surface area (Å²) in [7, 11) is 1.52. The Bertz CT molecular complexity index is 1400. The van der Waals surface area contributed by atoms with Gasteiger partial charge in [0.1, 0.15) is 5.76 Å². The third kappa shape index (κ3) is 3.47. The van der Waals surface area contributed by atoms with Crippen LogP contribution in [0.4, 0.5) is 0 Å². The van der Waals surface area contributed by atoms with Crippen LogP contribution in [0, 0.1) is 6.92 Å². The maximum Gasteiger partial charge on any atom is 0.290 e. The third-order valence-corrected chi connectivity index (χ3v) is 5.76. The second-order valence-electron chi connectivity index (χ2n) is 7.91. The number of methoxy groups -OCH3 is 1. The Morgan fingerprint density at radius 1 is 1.12 bits per heavy atom. The molecule has 7 nitrogen and oxygen atoms in total. The van der Waals surface area contributed by atoms with E-state index < -0.39 is 23.5 Å². The standard InChI is InChI=1S/C26H21NO6/c1-15-6-3-7-16(12-15)22-21(24(29)26(30)27(22)14-18-9-5-11-32-18)23(28)20-13-17-8-4-10-19(31-2)25(17)33-20/h3-13,22,29H,14H2,1-2H3. The Kier molecular flexibility index (Phi) is 5.01. The highest BCUT2D eigenvalue weighted by Crippen LogP contribution is 2.41. The van der Waals surface area contributed by atoms with Crippen molar-refractivity contribution in [3.63, 3.8) is 0 Å². The van der Waals surface area contributed by atoms with Crippen LogP contribution >= 0.6 is 0 Å². The number of hydrogen-bond acceptors (Lipinski definition) is 6. The molecule has 1 aliphatic heterocycles. The van der Waals surface area contributed by atoms with Crippen LogP contribution in [0.2, 0.25) is 0 Å². The van der Waals surface area contributed by atoms with Gasteiger partial charge in [0.15, 0.2) is 22.9 Å². The second kappa shape index (κ2) is 8.02. The molecule has 4 aromatic rings. The van der Waals surface area contributed by atoms with E-state index in [4.69, 9.17) is 13.6 Å². The Balaban J connectivity index is 1.62. The number of hydrogen-bond donors (Lipinski definition) is 1. The lowest BCUT2D eigenvalue weighted by Gasteiger charge is -2.26. The quantitative estimate of drug-likeness (QED) is 0.416. The van der Waals surface area contributed by atoms with Crippen molar-refractivity contribution in [2.75, 3.05) is 7.11 Å². The fraction of sp³-hybridized carbons (Fsp3) is 0.154. The van der Waals surface area contributed by atoms with Crippen LogP contribution < -0.4 is 4.74 Å². The van der Waals surface area contributed by atoms with Gasteiger partial charge in [-0.15, -0.1) is 0 Å². The van der Waals surface area contributed by atoms with Crippen molar-refractivity contribution in [2.45, 2.75) is 19.5 Å². The molecule has 166 valence electrons. The molecule has 1 atom stereocenters. The highest BCUT2D eigenvalue weighted by Gasteiger charge is 2.45. The fourth-order valence-electron chi connectivity index (χ4n) is 4.25. The van der Waals surface area contributed by atoms with Gasteiger partial charge in [-0.25, -0.2) is 0 Å². The normalized spacial score (nSPS) is 16.1. The lowest BCUT2D eigenvalue weighted by molar-refractivity contribution is -0.130. The van der Waals surface area contributed by atoms with Crippen molar-refractivity contribution >= 4 is 22.7 Å². The number of ether oxygens (including phenoxy) is 1. The number of para-hydroxylation sites is 1. The van der Waals surface area contributed by atoms with E-state index >= 15 is 0 Å². The first-order chi connectivity index (χ1) is 16.0. The molecule has 1 unspecified atom stereocenters. The van der Waals surface area contributed by atoms with E-state index in [-0.39, 0.29) is 17.9 Å². The monoisotopic (exact) mass is 443 g/mol.